The van der Waals surface area contributed by atoms with Crippen LogP contribution in [0.5, 0.6) is 17.2 Å². The van der Waals surface area contributed by atoms with Crippen molar-refractivity contribution < 1.29 is 14.6 Å². The van der Waals surface area contributed by atoms with Gasteiger partial charge in [-0.1, -0.05) is 59.9 Å². The number of aryl methyl sites for hydroxylation is 1. The fourth-order valence-electron chi connectivity index (χ4n) is 5.07. The van der Waals surface area contributed by atoms with E-state index in [0.29, 0.717) is 20.6 Å². The van der Waals surface area contributed by atoms with Gasteiger partial charge in [-0.3, -0.25) is 9.36 Å². The molecule has 0 spiro atoms. The summed E-state index contributed by atoms with van der Waals surface area (Å²) in [5.74, 6) is 1.13. The van der Waals surface area contributed by atoms with Gasteiger partial charge in [0.15, 0.2) is 16.3 Å². The third-order valence-electron chi connectivity index (χ3n) is 6.84. The lowest BCUT2D eigenvalue weighted by atomic mass is 9.83. The zero-order chi connectivity index (χ0) is 24.8. The number of phenols is 1. The van der Waals surface area contributed by atoms with Crippen molar-refractivity contribution in [3.05, 3.63) is 114 Å². The fraction of sp³-hybridized carbons (Fsp3) is 0.172. The number of rotatable bonds is 4. The molecule has 180 valence electrons. The number of aromatic hydroxyl groups is 1. The standard InChI is InChI=1S/C29H24N2O4S/c1-34-20-13-10-18(11-14-20)26-22-15-12-17-6-3-4-8-21(17)25(22)30-29-31(26)28(33)24(36-29)16-19-7-5-9-23(35-2)27(19)32/h3-11,13-14,16,26,32H,12,15H2,1-2H3. The monoisotopic (exact) mass is 496 g/mol. The molecule has 1 atom stereocenters. The van der Waals surface area contributed by atoms with Crippen LogP contribution in [-0.2, 0) is 6.42 Å². The number of ether oxygens (including phenoxy) is 2. The average molecular weight is 497 g/mol. The Morgan fingerprint density at radius 2 is 1.81 bits per heavy atom. The molecule has 0 amide bonds. The van der Waals surface area contributed by atoms with Crippen LogP contribution in [-0.4, -0.2) is 23.9 Å². The molecule has 0 fully saturated rings. The molecular formula is C29H24N2O4S. The molecule has 6 nitrogen and oxygen atoms in total. The van der Waals surface area contributed by atoms with Crippen LogP contribution in [0.2, 0.25) is 0 Å². The molecule has 2 aliphatic rings. The van der Waals surface area contributed by atoms with Gasteiger partial charge in [0.1, 0.15) is 5.75 Å². The molecule has 0 saturated heterocycles. The van der Waals surface area contributed by atoms with Crippen molar-refractivity contribution in [2.24, 2.45) is 4.99 Å². The molecule has 6 rings (SSSR count). The maximum Gasteiger partial charge on any atom is 0.271 e. The molecule has 0 radical (unpaired) electrons. The zero-order valence-electron chi connectivity index (χ0n) is 19.9. The summed E-state index contributed by atoms with van der Waals surface area (Å²) in [6.07, 6.45) is 3.44. The summed E-state index contributed by atoms with van der Waals surface area (Å²) in [5, 5.41) is 10.6. The van der Waals surface area contributed by atoms with Gasteiger partial charge >= 0.3 is 0 Å². The van der Waals surface area contributed by atoms with Gasteiger partial charge in [-0.15, -0.1) is 0 Å². The number of hydrogen-bond acceptors (Lipinski definition) is 6. The topological polar surface area (TPSA) is 73.1 Å². The van der Waals surface area contributed by atoms with Crippen molar-refractivity contribution in [1.82, 2.24) is 4.57 Å². The predicted octanol–water partition coefficient (Wildman–Crippen LogP) is 4.04. The van der Waals surface area contributed by atoms with Crippen LogP contribution < -0.4 is 24.4 Å². The van der Waals surface area contributed by atoms with Crippen LogP contribution in [0.3, 0.4) is 0 Å². The number of para-hydroxylation sites is 1. The summed E-state index contributed by atoms with van der Waals surface area (Å²) in [4.78, 5) is 19.5. The second kappa shape index (κ2) is 8.84. The second-order valence-electron chi connectivity index (χ2n) is 8.78. The molecule has 1 unspecified atom stereocenters. The molecule has 0 saturated carbocycles. The van der Waals surface area contributed by atoms with E-state index in [1.165, 1.54) is 24.0 Å². The van der Waals surface area contributed by atoms with Gasteiger partial charge in [0.05, 0.1) is 30.5 Å². The first kappa shape index (κ1) is 22.4. The van der Waals surface area contributed by atoms with Gasteiger partial charge in [-0.25, -0.2) is 4.99 Å². The Kier molecular flexibility index (Phi) is 5.49. The van der Waals surface area contributed by atoms with Crippen molar-refractivity contribution in [2.75, 3.05) is 14.2 Å². The van der Waals surface area contributed by atoms with Crippen LogP contribution in [0.15, 0.2) is 82.1 Å². The van der Waals surface area contributed by atoms with E-state index in [4.69, 9.17) is 14.5 Å². The summed E-state index contributed by atoms with van der Waals surface area (Å²) >= 11 is 1.33. The summed E-state index contributed by atoms with van der Waals surface area (Å²) in [5.41, 5.74) is 5.89. The summed E-state index contributed by atoms with van der Waals surface area (Å²) < 4.78 is 12.9. The molecule has 1 N–H and O–H groups in total. The highest BCUT2D eigenvalue weighted by atomic mass is 32.1. The summed E-state index contributed by atoms with van der Waals surface area (Å²) in [6.45, 7) is 0. The number of nitrogens with zero attached hydrogens (tertiary/aromatic N) is 2. The molecule has 1 aromatic heterocycles. The van der Waals surface area contributed by atoms with Crippen molar-refractivity contribution in [3.63, 3.8) is 0 Å². The molecule has 36 heavy (non-hydrogen) atoms. The Morgan fingerprint density at radius 1 is 1.00 bits per heavy atom. The van der Waals surface area contributed by atoms with E-state index in [0.717, 1.165) is 41.0 Å². The number of phenolic OH excluding ortho intramolecular Hbond substituents is 1. The van der Waals surface area contributed by atoms with E-state index in [2.05, 4.69) is 18.2 Å². The molecule has 2 heterocycles. The maximum absolute atomic E-state index is 13.8. The highest BCUT2D eigenvalue weighted by molar-refractivity contribution is 7.07. The van der Waals surface area contributed by atoms with Crippen LogP contribution in [0.1, 0.15) is 34.7 Å². The Bertz CT molecular complexity index is 1700. The van der Waals surface area contributed by atoms with Crippen molar-refractivity contribution in [1.29, 1.82) is 0 Å². The molecule has 0 bridgehead atoms. The normalized spacial score (nSPS) is 16.6. The zero-order valence-corrected chi connectivity index (χ0v) is 20.7. The first-order valence-corrected chi connectivity index (χ1v) is 12.5. The number of thiazole rings is 1. The Hall–Kier alpha value is -4.10. The van der Waals surface area contributed by atoms with E-state index in [1.807, 2.05) is 30.3 Å². The summed E-state index contributed by atoms with van der Waals surface area (Å²) in [6, 6.07) is 21.2. The van der Waals surface area contributed by atoms with Gasteiger partial charge in [0.25, 0.3) is 5.56 Å². The minimum absolute atomic E-state index is 0.00534. The minimum atomic E-state index is -0.267. The third-order valence-corrected chi connectivity index (χ3v) is 7.82. The van der Waals surface area contributed by atoms with E-state index in [1.54, 1.807) is 36.0 Å². The van der Waals surface area contributed by atoms with Gasteiger partial charge in [-0.05, 0) is 53.8 Å². The number of hydrogen-bond donors (Lipinski definition) is 1. The molecule has 7 heteroatoms. The average Bonchev–Trinajstić information content (AvgIpc) is 3.23. The first-order valence-electron chi connectivity index (χ1n) is 11.7. The minimum Gasteiger partial charge on any atom is -0.504 e. The molecule has 3 aromatic carbocycles. The number of fused-ring (bicyclic) bond motifs is 3. The van der Waals surface area contributed by atoms with Crippen LogP contribution >= 0.6 is 11.3 Å². The maximum atomic E-state index is 13.8. The number of allylic oxidation sites excluding steroid dienone is 1. The van der Waals surface area contributed by atoms with Crippen LogP contribution in [0, 0.1) is 0 Å². The molecular weight excluding hydrogens is 472 g/mol. The first-order chi connectivity index (χ1) is 17.6. The van der Waals surface area contributed by atoms with E-state index in [9.17, 15) is 9.90 Å². The lowest BCUT2D eigenvalue weighted by Gasteiger charge is -2.30. The SMILES string of the molecule is COc1ccc(C2C3=C(N=c4sc(=Cc5cccc(OC)c5O)c(=O)n42)c2ccccc2CC3)cc1. The van der Waals surface area contributed by atoms with E-state index in [-0.39, 0.29) is 17.4 Å². The lowest BCUT2D eigenvalue weighted by Crippen LogP contribution is -2.38. The Balaban J connectivity index is 1.61. The van der Waals surface area contributed by atoms with Crippen LogP contribution in [0.4, 0.5) is 0 Å². The largest absolute Gasteiger partial charge is 0.504 e. The van der Waals surface area contributed by atoms with Gasteiger partial charge < -0.3 is 14.6 Å². The number of methoxy groups -OCH3 is 2. The Labute approximate surface area is 211 Å². The molecule has 1 aliphatic heterocycles. The quantitative estimate of drug-likeness (QED) is 0.463. The Morgan fingerprint density at radius 3 is 2.58 bits per heavy atom. The van der Waals surface area contributed by atoms with Gasteiger partial charge in [0.2, 0.25) is 0 Å². The molecule has 4 aromatic rings. The number of aromatic nitrogens is 1. The molecule has 1 aliphatic carbocycles. The fourth-order valence-corrected chi connectivity index (χ4v) is 6.06. The highest BCUT2D eigenvalue weighted by Gasteiger charge is 2.32. The van der Waals surface area contributed by atoms with Crippen molar-refractivity contribution in [2.45, 2.75) is 18.9 Å². The smallest absolute Gasteiger partial charge is 0.271 e. The third kappa shape index (κ3) is 3.55. The van der Waals surface area contributed by atoms with Crippen molar-refractivity contribution >= 4 is 23.1 Å². The number of benzene rings is 3. The van der Waals surface area contributed by atoms with Crippen molar-refractivity contribution in [3.8, 4) is 17.2 Å². The highest BCUT2D eigenvalue weighted by Crippen LogP contribution is 2.41. The second-order valence-corrected chi connectivity index (χ2v) is 9.79. The summed E-state index contributed by atoms with van der Waals surface area (Å²) in [7, 11) is 3.15. The van der Waals surface area contributed by atoms with E-state index < -0.39 is 0 Å². The lowest BCUT2D eigenvalue weighted by molar-refractivity contribution is 0.373. The van der Waals surface area contributed by atoms with E-state index >= 15 is 0 Å². The van der Waals surface area contributed by atoms with Gasteiger partial charge in [-0.2, -0.15) is 0 Å². The predicted molar refractivity (Wildman–Crippen MR) is 140 cm³/mol. The van der Waals surface area contributed by atoms with Crippen LogP contribution in [0.25, 0.3) is 11.8 Å². The van der Waals surface area contributed by atoms with Gasteiger partial charge in [0, 0.05) is 11.1 Å².